The quantitative estimate of drug-likeness (QED) is 0.735. The Bertz CT molecular complexity index is 786. The second kappa shape index (κ2) is 7.66. The topological polar surface area (TPSA) is 29.5 Å². The molecule has 2 aromatic carbocycles. The van der Waals surface area contributed by atoms with E-state index in [0.717, 1.165) is 47.6 Å². The molecule has 0 spiro atoms. The zero-order chi connectivity index (χ0) is 17.8. The number of methoxy groups -OCH3 is 1. The Balaban J connectivity index is 1.76. The number of rotatable bonds is 6. The summed E-state index contributed by atoms with van der Waals surface area (Å²) in [6.07, 6.45) is 2.70. The highest BCUT2D eigenvalue weighted by molar-refractivity contribution is 6.15. The molecule has 3 rings (SSSR count). The molecular weight excluding hydrogens is 310 g/mol. The van der Waals surface area contributed by atoms with Gasteiger partial charge in [-0.3, -0.25) is 9.69 Å². The zero-order valence-electron chi connectivity index (χ0n) is 15.2. The molecule has 0 radical (unpaired) electrons. The molecule has 0 aromatic heterocycles. The minimum absolute atomic E-state index is 0.112. The van der Waals surface area contributed by atoms with Gasteiger partial charge in [-0.1, -0.05) is 44.2 Å². The lowest BCUT2D eigenvalue weighted by Crippen LogP contribution is -2.21. The Kier molecular flexibility index (Phi) is 5.34. The summed E-state index contributed by atoms with van der Waals surface area (Å²) >= 11 is 0. The molecule has 0 unspecified atom stereocenters. The highest BCUT2D eigenvalue weighted by atomic mass is 16.5. The summed E-state index contributed by atoms with van der Waals surface area (Å²) in [5.74, 6) is 0.843. The van der Waals surface area contributed by atoms with Gasteiger partial charge in [0.2, 0.25) is 0 Å². The minimum atomic E-state index is 0.112. The van der Waals surface area contributed by atoms with Gasteiger partial charge in [0.25, 0.3) is 0 Å². The van der Waals surface area contributed by atoms with Crippen LogP contribution in [0.5, 0.6) is 5.75 Å². The van der Waals surface area contributed by atoms with Gasteiger partial charge in [-0.2, -0.15) is 0 Å². The average Bonchev–Trinajstić information content (AvgIpc) is 2.96. The molecule has 25 heavy (non-hydrogen) atoms. The van der Waals surface area contributed by atoms with Crippen molar-refractivity contribution in [1.29, 1.82) is 0 Å². The first kappa shape index (κ1) is 17.4. The van der Waals surface area contributed by atoms with Crippen molar-refractivity contribution >= 4 is 11.9 Å². The first-order valence-electron chi connectivity index (χ1n) is 8.88. The molecule has 0 bridgehead atoms. The van der Waals surface area contributed by atoms with Gasteiger partial charge in [-0.15, -0.1) is 0 Å². The van der Waals surface area contributed by atoms with Crippen molar-refractivity contribution in [3.05, 3.63) is 70.3 Å². The number of carbonyl (C=O) groups is 1. The van der Waals surface area contributed by atoms with E-state index in [4.69, 9.17) is 4.74 Å². The first-order valence-corrected chi connectivity index (χ1v) is 8.88. The van der Waals surface area contributed by atoms with E-state index in [-0.39, 0.29) is 5.78 Å². The number of ether oxygens (including phenoxy) is 1. The maximum Gasteiger partial charge on any atom is 0.189 e. The summed E-state index contributed by atoms with van der Waals surface area (Å²) in [6.45, 7) is 7.44. The molecule has 0 atom stereocenters. The van der Waals surface area contributed by atoms with Crippen molar-refractivity contribution in [1.82, 2.24) is 4.90 Å². The molecule has 0 saturated heterocycles. The molecule has 0 fully saturated rings. The van der Waals surface area contributed by atoms with Gasteiger partial charge in [0.1, 0.15) is 5.75 Å². The van der Waals surface area contributed by atoms with E-state index in [2.05, 4.69) is 43.0 Å². The number of benzene rings is 2. The largest absolute Gasteiger partial charge is 0.497 e. The normalized spacial score (nSPS) is 15.0. The molecule has 1 aliphatic carbocycles. The third kappa shape index (κ3) is 3.83. The predicted octanol–water partition coefficient (Wildman–Crippen LogP) is 4.36. The number of hydrogen-bond acceptors (Lipinski definition) is 3. The fourth-order valence-corrected chi connectivity index (χ4v) is 3.25. The standard InChI is InChI=1S/C22H25NO2/c1-4-23(5-2)15-17-8-6-16(7-9-17)12-19-13-18-10-11-20(25-3)14-21(18)22(19)24/h6-12,14H,4-5,13,15H2,1-3H3/b19-12+. The van der Waals surface area contributed by atoms with Gasteiger partial charge >= 0.3 is 0 Å². The number of allylic oxidation sites excluding steroid dienone is 1. The van der Waals surface area contributed by atoms with Crippen molar-refractivity contribution in [2.75, 3.05) is 20.2 Å². The third-order valence-electron chi connectivity index (χ3n) is 4.86. The number of carbonyl (C=O) groups excluding carboxylic acids is 1. The van der Waals surface area contributed by atoms with Crippen molar-refractivity contribution in [3.8, 4) is 5.75 Å². The number of fused-ring (bicyclic) bond motifs is 1. The molecule has 0 heterocycles. The van der Waals surface area contributed by atoms with Gasteiger partial charge in [-0.25, -0.2) is 0 Å². The van der Waals surface area contributed by atoms with Crippen LogP contribution in [0.4, 0.5) is 0 Å². The van der Waals surface area contributed by atoms with E-state index in [1.165, 1.54) is 5.56 Å². The van der Waals surface area contributed by atoms with Crippen molar-refractivity contribution < 1.29 is 9.53 Å². The maximum absolute atomic E-state index is 12.6. The van der Waals surface area contributed by atoms with E-state index in [9.17, 15) is 4.79 Å². The zero-order valence-corrected chi connectivity index (χ0v) is 15.2. The summed E-state index contributed by atoms with van der Waals surface area (Å²) in [5.41, 5.74) is 5.07. The van der Waals surface area contributed by atoms with Gasteiger partial charge in [-0.05, 0) is 48.0 Å². The van der Waals surface area contributed by atoms with Crippen LogP contribution in [0.1, 0.15) is 40.9 Å². The number of ketones is 1. The van der Waals surface area contributed by atoms with Crippen LogP contribution in [0.3, 0.4) is 0 Å². The lowest BCUT2D eigenvalue weighted by atomic mass is 10.1. The molecule has 0 amide bonds. The SMILES string of the molecule is CCN(CC)Cc1ccc(/C=C2\Cc3ccc(OC)cc3C2=O)cc1. The van der Waals surface area contributed by atoms with Gasteiger partial charge in [0.15, 0.2) is 5.78 Å². The molecule has 130 valence electrons. The van der Waals surface area contributed by atoms with Crippen LogP contribution in [0.15, 0.2) is 48.0 Å². The fourth-order valence-electron chi connectivity index (χ4n) is 3.25. The Morgan fingerprint density at radius 2 is 1.80 bits per heavy atom. The molecule has 2 aromatic rings. The Morgan fingerprint density at radius 1 is 1.08 bits per heavy atom. The third-order valence-corrected chi connectivity index (χ3v) is 4.86. The molecule has 3 nitrogen and oxygen atoms in total. The second-order valence-corrected chi connectivity index (χ2v) is 6.40. The molecule has 3 heteroatoms. The van der Waals surface area contributed by atoms with Crippen LogP contribution < -0.4 is 4.74 Å². The average molecular weight is 335 g/mol. The van der Waals surface area contributed by atoms with E-state index in [0.29, 0.717) is 6.42 Å². The lowest BCUT2D eigenvalue weighted by molar-refractivity contribution is 0.104. The summed E-state index contributed by atoms with van der Waals surface area (Å²) in [6, 6.07) is 14.2. The molecule has 1 aliphatic rings. The monoisotopic (exact) mass is 335 g/mol. The Morgan fingerprint density at radius 3 is 2.44 bits per heavy atom. The van der Waals surface area contributed by atoms with E-state index < -0.39 is 0 Å². The van der Waals surface area contributed by atoms with Crippen LogP contribution in [-0.2, 0) is 13.0 Å². The van der Waals surface area contributed by atoms with Crippen LogP contribution in [-0.4, -0.2) is 30.9 Å². The van der Waals surface area contributed by atoms with E-state index in [1.807, 2.05) is 24.3 Å². The van der Waals surface area contributed by atoms with E-state index >= 15 is 0 Å². The summed E-state index contributed by atoms with van der Waals surface area (Å²) in [5, 5.41) is 0. The van der Waals surface area contributed by atoms with Gasteiger partial charge < -0.3 is 4.74 Å². The first-order chi connectivity index (χ1) is 12.1. The maximum atomic E-state index is 12.6. The van der Waals surface area contributed by atoms with Crippen molar-refractivity contribution in [3.63, 3.8) is 0 Å². The van der Waals surface area contributed by atoms with Crippen molar-refractivity contribution in [2.45, 2.75) is 26.8 Å². The van der Waals surface area contributed by atoms with Crippen LogP contribution in [0, 0.1) is 0 Å². The van der Waals surface area contributed by atoms with Crippen molar-refractivity contribution in [2.24, 2.45) is 0 Å². The smallest absolute Gasteiger partial charge is 0.189 e. The number of Topliss-reactive ketones (excluding diaryl/α,β-unsaturated/α-hetero) is 1. The molecule has 0 N–H and O–H groups in total. The molecule has 0 aliphatic heterocycles. The van der Waals surface area contributed by atoms with E-state index in [1.54, 1.807) is 7.11 Å². The summed E-state index contributed by atoms with van der Waals surface area (Å²) in [4.78, 5) is 15.0. The molecular formula is C22H25NO2. The minimum Gasteiger partial charge on any atom is -0.497 e. The fraction of sp³-hybridized carbons (Fsp3) is 0.318. The Labute approximate surface area is 149 Å². The van der Waals surface area contributed by atoms with Crippen LogP contribution in [0.25, 0.3) is 6.08 Å². The van der Waals surface area contributed by atoms with Crippen LogP contribution >= 0.6 is 0 Å². The lowest BCUT2D eigenvalue weighted by Gasteiger charge is -2.17. The van der Waals surface area contributed by atoms with Gasteiger partial charge in [0, 0.05) is 24.1 Å². The number of nitrogens with zero attached hydrogens (tertiary/aromatic N) is 1. The van der Waals surface area contributed by atoms with Crippen LogP contribution in [0.2, 0.25) is 0 Å². The highest BCUT2D eigenvalue weighted by Crippen LogP contribution is 2.30. The predicted molar refractivity (Wildman–Crippen MR) is 102 cm³/mol. The van der Waals surface area contributed by atoms with Gasteiger partial charge in [0.05, 0.1) is 7.11 Å². The summed E-state index contributed by atoms with van der Waals surface area (Å²) in [7, 11) is 1.62. The highest BCUT2D eigenvalue weighted by Gasteiger charge is 2.25. The molecule has 0 saturated carbocycles. The number of hydrogen-bond donors (Lipinski definition) is 0. The Hall–Kier alpha value is -2.39. The summed E-state index contributed by atoms with van der Waals surface area (Å²) < 4.78 is 5.23. The second-order valence-electron chi connectivity index (χ2n) is 6.40.